The van der Waals surface area contributed by atoms with Crippen LogP contribution >= 0.6 is 0 Å². The fourth-order valence-corrected chi connectivity index (χ4v) is 0.349. The number of hydrogen-bond acceptors (Lipinski definition) is 3. The van der Waals surface area contributed by atoms with Gasteiger partial charge in [-0.15, -0.1) is 16.6 Å². The normalized spacial score (nSPS) is 8.38. The Hall–Kier alpha value is -1.37. The second-order valence-corrected chi connectivity index (χ2v) is 1.21. The number of rotatable bonds is 1. The highest BCUT2D eigenvalue weighted by molar-refractivity contribution is 4.95. The summed E-state index contributed by atoms with van der Waals surface area (Å²) in [6.07, 6.45) is 5.39. The van der Waals surface area contributed by atoms with Gasteiger partial charge in [0.15, 0.2) is 5.82 Å². The molecule has 0 saturated heterocycles. The van der Waals surface area contributed by atoms with Gasteiger partial charge in [-0.25, -0.2) is 0 Å². The maximum Gasteiger partial charge on any atom is 0.186 e. The van der Waals surface area contributed by atoms with E-state index in [4.69, 9.17) is 6.42 Å². The van der Waals surface area contributed by atoms with Crippen molar-refractivity contribution in [3.63, 3.8) is 0 Å². The first kappa shape index (κ1) is 4.78. The van der Waals surface area contributed by atoms with E-state index in [0.717, 1.165) is 0 Å². The molecule has 0 aromatic carbocycles. The van der Waals surface area contributed by atoms with E-state index in [1.165, 1.54) is 0 Å². The van der Waals surface area contributed by atoms with Crippen LogP contribution in [-0.4, -0.2) is 20.6 Å². The van der Waals surface area contributed by atoms with E-state index in [0.29, 0.717) is 12.2 Å². The molecule has 40 valence electrons. The largest absolute Gasteiger partial charge is 0.186 e. The molecule has 1 N–H and O–H groups in total. The zero-order valence-corrected chi connectivity index (χ0v) is 4.13. The maximum absolute atomic E-state index is 4.95. The maximum atomic E-state index is 4.95. The molecule has 1 heterocycles. The molecular weight excluding hydrogens is 104 g/mol. The number of nitrogens with one attached hydrogen (secondary N) is 1. The first-order valence-electron chi connectivity index (χ1n) is 2.09. The molecule has 1 aromatic rings. The van der Waals surface area contributed by atoms with Crippen molar-refractivity contribution in [1.82, 2.24) is 20.6 Å². The van der Waals surface area contributed by atoms with Crippen LogP contribution < -0.4 is 0 Å². The molecule has 1 rings (SSSR count). The lowest BCUT2D eigenvalue weighted by atomic mass is 10.4. The van der Waals surface area contributed by atoms with Crippen LogP contribution in [0.3, 0.4) is 0 Å². The van der Waals surface area contributed by atoms with Crippen LogP contribution in [0.2, 0.25) is 0 Å². The summed E-state index contributed by atoms with van der Waals surface area (Å²) >= 11 is 0. The molecule has 8 heavy (non-hydrogen) atoms. The van der Waals surface area contributed by atoms with Crippen molar-refractivity contribution in [2.24, 2.45) is 0 Å². The van der Waals surface area contributed by atoms with E-state index in [9.17, 15) is 0 Å². The first-order chi connectivity index (χ1) is 3.93. The molecule has 4 nitrogen and oxygen atoms in total. The quantitative estimate of drug-likeness (QED) is 0.487. The van der Waals surface area contributed by atoms with Gasteiger partial charge in [-0.3, -0.25) is 0 Å². The SMILES string of the molecule is C#CCc1nn[nH]n1. The summed E-state index contributed by atoms with van der Waals surface area (Å²) in [4.78, 5) is 0. The van der Waals surface area contributed by atoms with Crippen molar-refractivity contribution >= 4 is 0 Å². The van der Waals surface area contributed by atoms with Crippen molar-refractivity contribution in [3.05, 3.63) is 5.82 Å². The van der Waals surface area contributed by atoms with Crippen LogP contribution in [-0.2, 0) is 6.42 Å². The summed E-state index contributed by atoms with van der Waals surface area (Å²) in [6.45, 7) is 0. The van der Waals surface area contributed by atoms with Crippen LogP contribution in [0, 0.1) is 12.3 Å². The van der Waals surface area contributed by atoms with E-state index in [-0.39, 0.29) is 0 Å². The van der Waals surface area contributed by atoms with Crippen LogP contribution in [0.15, 0.2) is 0 Å². The van der Waals surface area contributed by atoms with Gasteiger partial charge < -0.3 is 0 Å². The summed E-state index contributed by atoms with van der Waals surface area (Å²) in [5.41, 5.74) is 0. The van der Waals surface area contributed by atoms with Gasteiger partial charge in [0.25, 0.3) is 0 Å². The number of terminal acetylenes is 1. The molecule has 0 bridgehead atoms. The van der Waals surface area contributed by atoms with Crippen molar-refractivity contribution < 1.29 is 0 Å². The zero-order chi connectivity index (χ0) is 5.82. The molecule has 0 aliphatic rings. The Balaban J connectivity index is 2.67. The molecule has 1 aromatic heterocycles. The second-order valence-electron chi connectivity index (χ2n) is 1.21. The van der Waals surface area contributed by atoms with Gasteiger partial charge in [0.1, 0.15) is 0 Å². The third-order valence-corrected chi connectivity index (χ3v) is 0.649. The molecule has 0 saturated carbocycles. The predicted molar refractivity (Wildman–Crippen MR) is 26.7 cm³/mol. The molecule has 0 atom stereocenters. The first-order valence-corrected chi connectivity index (χ1v) is 2.09. The number of tetrazole rings is 1. The van der Waals surface area contributed by atoms with Gasteiger partial charge in [0.2, 0.25) is 0 Å². The average Bonchev–Trinajstić information content (AvgIpc) is 2.19. The van der Waals surface area contributed by atoms with Crippen LogP contribution in [0.4, 0.5) is 0 Å². The second kappa shape index (κ2) is 2.07. The third-order valence-electron chi connectivity index (χ3n) is 0.649. The van der Waals surface area contributed by atoms with E-state index < -0.39 is 0 Å². The van der Waals surface area contributed by atoms with Gasteiger partial charge in [0, 0.05) is 0 Å². The lowest BCUT2D eigenvalue weighted by Gasteiger charge is -1.73. The van der Waals surface area contributed by atoms with Crippen LogP contribution in [0.25, 0.3) is 0 Å². The van der Waals surface area contributed by atoms with E-state index in [1.54, 1.807) is 0 Å². The Kier molecular flexibility index (Phi) is 1.24. The number of hydrogen-bond donors (Lipinski definition) is 1. The Labute approximate surface area is 46.3 Å². The van der Waals surface area contributed by atoms with Crippen LogP contribution in [0.5, 0.6) is 0 Å². The summed E-state index contributed by atoms with van der Waals surface area (Å²) in [5.74, 6) is 2.95. The monoisotopic (exact) mass is 108 g/mol. The van der Waals surface area contributed by atoms with Gasteiger partial charge >= 0.3 is 0 Å². The molecule has 0 unspecified atom stereocenters. The summed E-state index contributed by atoms with van der Waals surface area (Å²) < 4.78 is 0. The topological polar surface area (TPSA) is 54.5 Å². The molecule has 4 heteroatoms. The van der Waals surface area contributed by atoms with Crippen molar-refractivity contribution in [1.29, 1.82) is 0 Å². The number of aromatic nitrogens is 4. The minimum Gasteiger partial charge on any atom is -0.177 e. The summed E-state index contributed by atoms with van der Waals surface area (Å²) in [5, 5.41) is 12.8. The lowest BCUT2D eigenvalue weighted by molar-refractivity contribution is 0.881. The van der Waals surface area contributed by atoms with E-state index in [2.05, 4.69) is 26.5 Å². The molecular formula is C4H4N4. The summed E-state index contributed by atoms with van der Waals surface area (Å²) in [6, 6.07) is 0. The zero-order valence-electron chi connectivity index (χ0n) is 4.13. The molecule has 0 fully saturated rings. The van der Waals surface area contributed by atoms with Gasteiger partial charge in [-0.1, -0.05) is 11.1 Å². The fourth-order valence-electron chi connectivity index (χ4n) is 0.349. The van der Waals surface area contributed by atoms with Gasteiger partial charge in [-0.2, -0.15) is 5.21 Å². The highest BCUT2D eigenvalue weighted by atomic mass is 15.5. The number of H-pyrrole nitrogens is 1. The minimum atomic E-state index is 0.441. The van der Waals surface area contributed by atoms with E-state index in [1.807, 2.05) is 0 Å². The molecule has 0 radical (unpaired) electrons. The van der Waals surface area contributed by atoms with Gasteiger partial charge in [-0.05, 0) is 0 Å². The Morgan fingerprint density at radius 3 is 3.12 bits per heavy atom. The highest BCUT2D eigenvalue weighted by Gasteiger charge is 1.89. The van der Waals surface area contributed by atoms with Crippen molar-refractivity contribution in [2.45, 2.75) is 6.42 Å². The van der Waals surface area contributed by atoms with Crippen LogP contribution in [0.1, 0.15) is 5.82 Å². The third kappa shape index (κ3) is 0.819. The Bertz CT molecular complexity index is 182. The molecule has 0 aliphatic carbocycles. The molecule has 0 amide bonds. The number of aromatic amines is 1. The number of nitrogens with zero attached hydrogens (tertiary/aromatic N) is 3. The Morgan fingerprint density at radius 1 is 1.75 bits per heavy atom. The fraction of sp³-hybridized carbons (Fsp3) is 0.250. The highest BCUT2D eigenvalue weighted by Crippen LogP contribution is 1.79. The lowest BCUT2D eigenvalue weighted by Crippen LogP contribution is -1.82. The van der Waals surface area contributed by atoms with Crippen molar-refractivity contribution in [3.8, 4) is 12.3 Å². The predicted octanol–water partition coefficient (Wildman–Crippen LogP) is -0.625. The summed E-state index contributed by atoms with van der Waals surface area (Å²) in [7, 11) is 0. The van der Waals surface area contributed by atoms with E-state index >= 15 is 0 Å². The minimum absolute atomic E-state index is 0.441. The standard InChI is InChI=1S/C4H4N4/c1-2-3-4-5-7-8-6-4/h1H,3H2,(H,5,6,7,8). The van der Waals surface area contributed by atoms with Gasteiger partial charge in [0.05, 0.1) is 6.42 Å². The Morgan fingerprint density at radius 2 is 2.62 bits per heavy atom. The van der Waals surface area contributed by atoms with Crippen molar-refractivity contribution in [2.75, 3.05) is 0 Å². The molecule has 0 spiro atoms. The smallest absolute Gasteiger partial charge is 0.177 e. The average molecular weight is 108 g/mol. The molecule has 0 aliphatic heterocycles.